The first-order valence-corrected chi connectivity index (χ1v) is 5.83. The summed E-state index contributed by atoms with van der Waals surface area (Å²) >= 11 is 0. The Morgan fingerprint density at radius 1 is 1.39 bits per heavy atom. The minimum atomic E-state index is -0.978. The van der Waals surface area contributed by atoms with Gasteiger partial charge in [-0.05, 0) is 27.2 Å². The summed E-state index contributed by atoms with van der Waals surface area (Å²) in [5, 5.41) is 4.77. The van der Waals surface area contributed by atoms with Gasteiger partial charge in [-0.1, -0.05) is 0 Å². The van der Waals surface area contributed by atoms with Gasteiger partial charge in [0.1, 0.15) is 11.1 Å². The second-order valence-electron chi connectivity index (χ2n) is 5.64. The molecule has 4 amide bonds. The predicted molar refractivity (Wildman–Crippen MR) is 61.8 cm³/mol. The minimum Gasteiger partial charge on any atom is -0.444 e. The van der Waals surface area contributed by atoms with Crippen LogP contribution in [0.3, 0.4) is 0 Å². The number of hydrogen-bond acceptors (Lipinski definition) is 4. The molecule has 0 unspecified atom stereocenters. The van der Waals surface area contributed by atoms with E-state index in [4.69, 9.17) is 4.74 Å². The molecule has 18 heavy (non-hydrogen) atoms. The zero-order valence-corrected chi connectivity index (χ0v) is 10.7. The summed E-state index contributed by atoms with van der Waals surface area (Å²) in [5.41, 5.74) is -1.55. The molecule has 0 aromatic rings. The molecule has 2 heterocycles. The third-order valence-corrected chi connectivity index (χ3v) is 2.94. The van der Waals surface area contributed by atoms with E-state index in [1.165, 1.54) is 4.90 Å². The third kappa shape index (κ3) is 2.25. The van der Waals surface area contributed by atoms with Gasteiger partial charge in [0, 0.05) is 6.54 Å². The number of carbonyl (C=O) groups is 3. The quantitative estimate of drug-likeness (QED) is 0.605. The van der Waals surface area contributed by atoms with Crippen molar-refractivity contribution in [3.8, 4) is 0 Å². The number of carbonyl (C=O) groups excluding carboxylic acids is 3. The van der Waals surface area contributed by atoms with Crippen molar-refractivity contribution in [2.24, 2.45) is 0 Å². The maximum absolute atomic E-state index is 11.8. The van der Waals surface area contributed by atoms with Crippen LogP contribution in [0.25, 0.3) is 0 Å². The van der Waals surface area contributed by atoms with Crippen molar-refractivity contribution in [2.75, 3.05) is 13.1 Å². The minimum absolute atomic E-state index is 0.152. The van der Waals surface area contributed by atoms with Gasteiger partial charge in [-0.25, -0.2) is 9.59 Å². The van der Waals surface area contributed by atoms with Crippen LogP contribution in [0.15, 0.2) is 0 Å². The van der Waals surface area contributed by atoms with Crippen molar-refractivity contribution >= 4 is 18.0 Å². The highest BCUT2D eigenvalue weighted by atomic mass is 16.6. The van der Waals surface area contributed by atoms with Crippen LogP contribution in [0.4, 0.5) is 9.59 Å². The lowest BCUT2D eigenvalue weighted by atomic mass is 10.00. The second kappa shape index (κ2) is 3.86. The van der Waals surface area contributed by atoms with Crippen LogP contribution in [0.5, 0.6) is 0 Å². The summed E-state index contributed by atoms with van der Waals surface area (Å²) in [5.74, 6) is -0.376. The lowest BCUT2D eigenvalue weighted by Gasteiger charge is -2.25. The monoisotopic (exact) mass is 255 g/mol. The fraction of sp³-hybridized carbons (Fsp3) is 0.727. The molecule has 100 valence electrons. The molecule has 0 aromatic carbocycles. The molecule has 2 fully saturated rings. The molecule has 2 aliphatic heterocycles. The van der Waals surface area contributed by atoms with E-state index in [0.717, 1.165) is 0 Å². The van der Waals surface area contributed by atoms with E-state index in [2.05, 4.69) is 10.6 Å². The lowest BCUT2D eigenvalue weighted by Crippen LogP contribution is -2.50. The number of hydrogen-bond donors (Lipinski definition) is 2. The molecule has 1 spiro atoms. The number of nitrogens with zero attached hydrogens (tertiary/aromatic N) is 1. The van der Waals surface area contributed by atoms with Crippen molar-refractivity contribution in [1.82, 2.24) is 15.5 Å². The van der Waals surface area contributed by atoms with Gasteiger partial charge in [0.2, 0.25) is 0 Å². The second-order valence-corrected chi connectivity index (χ2v) is 5.64. The molecule has 0 radical (unpaired) electrons. The Bertz CT molecular complexity index is 415. The zero-order chi connectivity index (χ0) is 13.6. The SMILES string of the molecule is CC(C)(C)OC(=O)N1CC[C@@]2(C1)NC(=O)NC2=O. The largest absolute Gasteiger partial charge is 0.444 e. The molecular formula is C11H17N3O4. The van der Waals surface area contributed by atoms with Gasteiger partial charge < -0.3 is 15.0 Å². The van der Waals surface area contributed by atoms with Crippen LogP contribution >= 0.6 is 0 Å². The zero-order valence-electron chi connectivity index (χ0n) is 10.7. The van der Waals surface area contributed by atoms with Gasteiger partial charge >= 0.3 is 12.1 Å². The number of urea groups is 1. The number of imide groups is 1. The van der Waals surface area contributed by atoms with Gasteiger partial charge in [-0.2, -0.15) is 0 Å². The first-order chi connectivity index (χ1) is 8.22. The Kier molecular flexibility index (Phi) is 2.71. The van der Waals surface area contributed by atoms with E-state index in [1.54, 1.807) is 20.8 Å². The third-order valence-electron chi connectivity index (χ3n) is 2.94. The Balaban J connectivity index is 2.03. The van der Waals surface area contributed by atoms with Crippen molar-refractivity contribution in [3.05, 3.63) is 0 Å². The van der Waals surface area contributed by atoms with Gasteiger partial charge in [-0.3, -0.25) is 10.1 Å². The van der Waals surface area contributed by atoms with E-state index in [9.17, 15) is 14.4 Å². The molecule has 2 rings (SSSR count). The average molecular weight is 255 g/mol. The highest BCUT2D eigenvalue weighted by molar-refractivity contribution is 6.07. The van der Waals surface area contributed by atoms with E-state index in [-0.39, 0.29) is 12.5 Å². The Morgan fingerprint density at radius 3 is 2.56 bits per heavy atom. The number of rotatable bonds is 0. The Hall–Kier alpha value is -1.79. The maximum Gasteiger partial charge on any atom is 0.410 e. The number of amides is 4. The van der Waals surface area contributed by atoms with E-state index in [0.29, 0.717) is 13.0 Å². The highest BCUT2D eigenvalue weighted by Crippen LogP contribution is 2.25. The summed E-state index contributed by atoms with van der Waals surface area (Å²) in [6.07, 6.45) is -0.0580. The fourth-order valence-electron chi connectivity index (χ4n) is 2.11. The molecular weight excluding hydrogens is 238 g/mol. The van der Waals surface area contributed by atoms with Crippen molar-refractivity contribution < 1.29 is 19.1 Å². The molecule has 2 saturated heterocycles. The van der Waals surface area contributed by atoms with E-state index < -0.39 is 23.3 Å². The molecule has 7 nitrogen and oxygen atoms in total. The molecule has 1 atom stereocenters. The van der Waals surface area contributed by atoms with Crippen molar-refractivity contribution in [2.45, 2.75) is 38.3 Å². The van der Waals surface area contributed by atoms with Crippen LogP contribution < -0.4 is 10.6 Å². The molecule has 0 aromatic heterocycles. The highest BCUT2D eigenvalue weighted by Gasteiger charge is 2.52. The number of ether oxygens (including phenoxy) is 1. The number of nitrogens with one attached hydrogen (secondary N) is 2. The predicted octanol–water partition coefficient (Wildman–Crippen LogP) is 0.205. The summed E-state index contributed by atoms with van der Waals surface area (Å²) in [4.78, 5) is 36.1. The van der Waals surface area contributed by atoms with Gasteiger partial charge in [0.15, 0.2) is 0 Å². The van der Waals surface area contributed by atoms with E-state index in [1.807, 2.05) is 0 Å². The van der Waals surface area contributed by atoms with Gasteiger partial charge in [-0.15, -0.1) is 0 Å². The van der Waals surface area contributed by atoms with Gasteiger partial charge in [0.25, 0.3) is 5.91 Å². The average Bonchev–Trinajstić information content (AvgIpc) is 2.70. The maximum atomic E-state index is 11.8. The lowest BCUT2D eigenvalue weighted by molar-refractivity contribution is -0.123. The van der Waals surface area contributed by atoms with Crippen LogP contribution in [0.2, 0.25) is 0 Å². The van der Waals surface area contributed by atoms with Crippen molar-refractivity contribution in [1.29, 1.82) is 0 Å². The first-order valence-electron chi connectivity index (χ1n) is 5.83. The summed E-state index contributed by atoms with van der Waals surface area (Å²) < 4.78 is 5.23. The van der Waals surface area contributed by atoms with Crippen LogP contribution in [-0.4, -0.2) is 47.2 Å². The molecule has 2 N–H and O–H groups in total. The first kappa shape index (κ1) is 12.7. The number of likely N-dealkylation sites (tertiary alicyclic amines) is 1. The van der Waals surface area contributed by atoms with E-state index >= 15 is 0 Å². The molecule has 0 bridgehead atoms. The van der Waals surface area contributed by atoms with Crippen molar-refractivity contribution in [3.63, 3.8) is 0 Å². The van der Waals surface area contributed by atoms with Crippen LogP contribution in [-0.2, 0) is 9.53 Å². The smallest absolute Gasteiger partial charge is 0.410 e. The Morgan fingerprint density at radius 2 is 2.06 bits per heavy atom. The summed E-state index contributed by atoms with van der Waals surface area (Å²) in [7, 11) is 0. The standard InChI is InChI=1S/C11H17N3O4/c1-10(2,3)18-9(17)14-5-4-11(6-14)7(15)12-8(16)13-11/h4-6H2,1-3H3,(H2,12,13,15,16)/t11-/m0/s1. The summed E-state index contributed by atoms with van der Waals surface area (Å²) in [6.45, 7) is 5.88. The Labute approximate surface area is 105 Å². The molecule has 0 aliphatic carbocycles. The normalized spacial score (nSPS) is 27.4. The van der Waals surface area contributed by atoms with Crippen LogP contribution in [0.1, 0.15) is 27.2 Å². The van der Waals surface area contributed by atoms with Gasteiger partial charge in [0.05, 0.1) is 6.54 Å². The molecule has 0 saturated carbocycles. The van der Waals surface area contributed by atoms with Crippen LogP contribution in [0, 0.1) is 0 Å². The molecule has 2 aliphatic rings. The fourth-order valence-corrected chi connectivity index (χ4v) is 2.11. The molecule has 7 heteroatoms. The topological polar surface area (TPSA) is 87.7 Å². The summed E-state index contributed by atoms with van der Waals surface area (Å²) in [6, 6.07) is -0.508.